The van der Waals surface area contributed by atoms with Crippen molar-refractivity contribution >= 4 is 40.1 Å². The fraction of sp³-hybridized carbons (Fsp3) is 0.829. The fourth-order valence-electron chi connectivity index (χ4n) is 4.95. The van der Waals surface area contributed by atoms with Crippen LogP contribution in [0.1, 0.15) is 120 Å². The van der Waals surface area contributed by atoms with Gasteiger partial charge in [-0.1, -0.05) is 93.2 Å². The Bertz CT molecular complexity index is 958. The molecule has 1 aliphatic rings. The van der Waals surface area contributed by atoms with Gasteiger partial charge >= 0.3 is 5.97 Å². The number of hydrogen-bond donors (Lipinski definition) is 1. The maximum Gasteiger partial charge on any atom is 0.303 e. The molecular weight excluding hydrogens is 589 g/mol. The highest BCUT2D eigenvalue weighted by molar-refractivity contribution is 8.03. The molecule has 1 N–H and O–H groups in total. The van der Waals surface area contributed by atoms with Gasteiger partial charge in [0.25, 0.3) is 0 Å². The molecule has 1 aliphatic carbocycles. The van der Waals surface area contributed by atoms with Gasteiger partial charge in [0.15, 0.2) is 22.4 Å². The molecule has 0 aromatic rings. The Labute approximate surface area is 271 Å². The van der Waals surface area contributed by atoms with E-state index in [0.717, 1.165) is 35.5 Å². The van der Waals surface area contributed by atoms with E-state index >= 15 is 0 Å². The largest absolute Gasteiger partial charge is 0.481 e. The van der Waals surface area contributed by atoms with Gasteiger partial charge in [-0.15, -0.1) is 11.8 Å². The molecule has 0 aromatic carbocycles. The lowest BCUT2D eigenvalue weighted by Gasteiger charge is -2.40. The second kappa shape index (κ2) is 17.3. The standard InChI is InChI=1S/C35H66O5SSi2/c1-14-15-19-26(2)24-28(39-42(10,11)34(4,5)6)21-22-29-31(40-43(12,13)35(7,8)9)25-30(27(3)36)33(29)41-23-18-16-17-20-32(37)38/h21-22,26,28-29,31H,14-20,23-25H2,1-13H3,(H,37,38)/b22-21+/t26-,28-,29+,31-/m1/s1. The molecule has 0 unspecified atom stereocenters. The Balaban J connectivity index is 3.43. The summed E-state index contributed by atoms with van der Waals surface area (Å²) in [5, 5.41) is 9.18. The Hall–Kier alpha value is -0.676. The highest BCUT2D eigenvalue weighted by Crippen LogP contribution is 2.47. The van der Waals surface area contributed by atoms with Crippen LogP contribution in [0.5, 0.6) is 0 Å². The molecule has 0 saturated heterocycles. The molecule has 0 heterocycles. The van der Waals surface area contributed by atoms with Crippen molar-refractivity contribution in [1.29, 1.82) is 0 Å². The van der Waals surface area contributed by atoms with Gasteiger partial charge in [0, 0.05) is 29.2 Å². The molecule has 5 nitrogen and oxygen atoms in total. The van der Waals surface area contributed by atoms with E-state index in [1.165, 1.54) is 19.3 Å². The SMILES string of the molecule is CCCC[C@@H](C)C[C@@H](/C=C/[C@@H]1C(SCCCCCC(=O)O)=C(C(C)=O)C[C@H]1O[Si](C)(C)C(C)(C)C)O[Si](C)(C)C(C)(C)C. The number of carbonyl (C=O) groups is 2. The maximum absolute atomic E-state index is 13.0. The van der Waals surface area contributed by atoms with Gasteiger partial charge in [-0.25, -0.2) is 0 Å². The quantitative estimate of drug-likeness (QED) is 0.0849. The summed E-state index contributed by atoms with van der Waals surface area (Å²) in [5.74, 6) is 0.870. The first-order valence-corrected chi connectivity index (χ1v) is 23.6. The van der Waals surface area contributed by atoms with Crippen molar-refractivity contribution in [2.24, 2.45) is 11.8 Å². The number of carboxylic acids is 1. The summed E-state index contributed by atoms with van der Waals surface area (Å²) >= 11 is 1.78. The number of aliphatic carboxylic acids is 1. The molecule has 1 rings (SSSR count). The lowest BCUT2D eigenvalue weighted by Crippen LogP contribution is -2.45. The minimum atomic E-state index is -2.09. The lowest BCUT2D eigenvalue weighted by molar-refractivity contribution is -0.137. The van der Waals surface area contributed by atoms with E-state index in [9.17, 15) is 9.59 Å². The maximum atomic E-state index is 13.0. The van der Waals surface area contributed by atoms with E-state index in [4.69, 9.17) is 14.0 Å². The smallest absolute Gasteiger partial charge is 0.303 e. The average molecular weight is 655 g/mol. The molecular formula is C35H66O5SSi2. The van der Waals surface area contributed by atoms with Gasteiger partial charge in [-0.2, -0.15) is 0 Å². The number of ketones is 1. The van der Waals surface area contributed by atoms with Crippen LogP contribution in [0.25, 0.3) is 0 Å². The van der Waals surface area contributed by atoms with Crippen molar-refractivity contribution in [2.75, 3.05) is 5.75 Å². The third-order valence-corrected chi connectivity index (χ3v) is 20.2. The number of thioether (sulfide) groups is 1. The monoisotopic (exact) mass is 654 g/mol. The number of carboxylic acid groups (broad SMARTS) is 1. The van der Waals surface area contributed by atoms with Crippen molar-refractivity contribution in [3.05, 3.63) is 22.6 Å². The topological polar surface area (TPSA) is 72.8 Å². The van der Waals surface area contributed by atoms with Crippen molar-refractivity contribution in [2.45, 2.75) is 169 Å². The minimum Gasteiger partial charge on any atom is -0.481 e. The number of carbonyl (C=O) groups excluding carboxylic acids is 1. The summed E-state index contributed by atoms with van der Waals surface area (Å²) in [6, 6.07) is 0. The summed E-state index contributed by atoms with van der Waals surface area (Å²) < 4.78 is 14.1. The van der Waals surface area contributed by atoms with Crippen LogP contribution in [0, 0.1) is 11.8 Å². The lowest BCUT2D eigenvalue weighted by atomic mass is 9.96. The van der Waals surface area contributed by atoms with E-state index in [1.54, 1.807) is 18.7 Å². The number of unbranched alkanes of at least 4 members (excludes halogenated alkanes) is 3. The second-order valence-corrected chi connectivity index (χ2v) is 26.5. The predicted molar refractivity (Wildman–Crippen MR) is 191 cm³/mol. The molecule has 8 heteroatoms. The molecule has 4 atom stereocenters. The van der Waals surface area contributed by atoms with Gasteiger partial charge in [0.1, 0.15) is 0 Å². The Kier molecular flexibility index (Phi) is 16.2. The Morgan fingerprint density at radius 2 is 1.60 bits per heavy atom. The number of rotatable bonds is 19. The van der Waals surface area contributed by atoms with E-state index in [0.29, 0.717) is 18.8 Å². The van der Waals surface area contributed by atoms with Crippen molar-refractivity contribution in [1.82, 2.24) is 0 Å². The molecule has 0 radical (unpaired) electrons. The second-order valence-electron chi connectivity index (χ2n) is 15.9. The molecule has 0 bridgehead atoms. The van der Waals surface area contributed by atoms with E-state index in [-0.39, 0.29) is 40.4 Å². The zero-order valence-electron chi connectivity index (χ0n) is 30.0. The van der Waals surface area contributed by atoms with Gasteiger partial charge in [0.2, 0.25) is 0 Å². The van der Waals surface area contributed by atoms with Crippen LogP contribution in [0.4, 0.5) is 0 Å². The first-order chi connectivity index (χ1) is 19.6. The van der Waals surface area contributed by atoms with E-state index in [2.05, 4.69) is 93.7 Å². The van der Waals surface area contributed by atoms with Crippen LogP contribution in [0.2, 0.25) is 36.3 Å². The molecule has 250 valence electrons. The van der Waals surface area contributed by atoms with Crippen molar-refractivity contribution in [3.8, 4) is 0 Å². The summed E-state index contributed by atoms with van der Waals surface area (Å²) in [6.45, 7) is 29.3. The summed E-state index contributed by atoms with van der Waals surface area (Å²) in [5.41, 5.74) is 0.909. The molecule has 0 amide bonds. The molecule has 0 spiro atoms. The van der Waals surface area contributed by atoms with Crippen LogP contribution < -0.4 is 0 Å². The molecule has 0 saturated carbocycles. The summed E-state index contributed by atoms with van der Waals surface area (Å²) in [6.07, 6.45) is 12.6. The predicted octanol–water partition coefficient (Wildman–Crippen LogP) is 10.8. The highest BCUT2D eigenvalue weighted by atomic mass is 32.2. The molecule has 43 heavy (non-hydrogen) atoms. The van der Waals surface area contributed by atoms with Crippen LogP contribution >= 0.6 is 11.8 Å². The zero-order valence-corrected chi connectivity index (χ0v) is 32.8. The van der Waals surface area contributed by atoms with E-state index < -0.39 is 22.6 Å². The normalized spacial score (nSPS) is 20.2. The third-order valence-electron chi connectivity index (χ3n) is 9.85. The molecule has 0 aliphatic heterocycles. The summed E-state index contributed by atoms with van der Waals surface area (Å²) in [7, 11) is -4.09. The first-order valence-electron chi connectivity index (χ1n) is 16.8. The van der Waals surface area contributed by atoms with Crippen molar-refractivity contribution in [3.63, 3.8) is 0 Å². The third kappa shape index (κ3) is 13.3. The van der Waals surface area contributed by atoms with Gasteiger partial charge < -0.3 is 14.0 Å². The number of hydrogen-bond acceptors (Lipinski definition) is 5. The van der Waals surface area contributed by atoms with E-state index in [1.807, 2.05) is 0 Å². The van der Waals surface area contributed by atoms with Crippen LogP contribution in [-0.2, 0) is 18.4 Å². The fourth-order valence-corrected chi connectivity index (χ4v) is 8.97. The van der Waals surface area contributed by atoms with Gasteiger partial charge in [-0.05, 0) is 74.1 Å². The highest BCUT2D eigenvalue weighted by Gasteiger charge is 2.44. The van der Waals surface area contributed by atoms with Crippen LogP contribution in [0.3, 0.4) is 0 Å². The minimum absolute atomic E-state index is 0.0218. The zero-order chi connectivity index (χ0) is 33.2. The molecule has 0 fully saturated rings. The Morgan fingerprint density at radius 1 is 1.00 bits per heavy atom. The van der Waals surface area contributed by atoms with Gasteiger partial charge in [0.05, 0.1) is 12.2 Å². The van der Waals surface area contributed by atoms with Gasteiger partial charge in [-0.3, -0.25) is 9.59 Å². The van der Waals surface area contributed by atoms with Crippen LogP contribution in [-0.4, -0.2) is 51.5 Å². The Morgan fingerprint density at radius 3 is 2.12 bits per heavy atom. The molecule has 0 aromatic heterocycles. The summed E-state index contributed by atoms with van der Waals surface area (Å²) in [4.78, 5) is 25.1. The first kappa shape index (κ1) is 40.3. The van der Waals surface area contributed by atoms with Crippen molar-refractivity contribution < 1.29 is 23.5 Å². The number of Topliss-reactive ketones (excluding diaryl/α,β-unsaturated/α-hetero) is 1. The van der Waals surface area contributed by atoms with Crippen LogP contribution in [0.15, 0.2) is 22.6 Å². The average Bonchev–Trinajstić information content (AvgIpc) is 3.18.